The third-order valence-corrected chi connectivity index (χ3v) is 2.11. The molecular formula is C9H10N2O2S. The number of amides is 2. The first kappa shape index (κ1) is 10.6. The van der Waals surface area contributed by atoms with E-state index in [0.29, 0.717) is 6.54 Å². The molecule has 1 fully saturated rings. The molecule has 4 nitrogen and oxygen atoms in total. The van der Waals surface area contributed by atoms with Crippen molar-refractivity contribution in [3.05, 3.63) is 24.3 Å². The van der Waals surface area contributed by atoms with Gasteiger partial charge in [0.2, 0.25) is 0 Å². The topological polar surface area (TPSA) is 49.4 Å². The van der Waals surface area contributed by atoms with Gasteiger partial charge >= 0.3 is 0 Å². The van der Waals surface area contributed by atoms with Crippen LogP contribution in [0.1, 0.15) is 6.92 Å². The molecule has 0 aromatic carbocycles. The first-order chi connectivity index (χ1) is 6.61. The van der Waals surface area contributed by atoms with Crippen molar-refractivity contribution in [2.45, 2.75) is 6.92 Å². The van der Waals surface area contributed by atoms with Gasteiger partial charge in [0.05, 0.1) is 0 Å². The Morgan fingerprint density at radius 3 is 2.71 bits per heavy atom. The maximum atomic E-state index is 11.6. The number of nitrogens with one attached hydrogen (secondary N) is 1. The highest BCUT2D eigenvalue weighted by Gasteiger charge is 2.31. The Kier molecular flexibility index (Phi) is 3.14. The van der Waals surface area contributed by atoms with E-state index in [9.17, 15) is 9.59 Å². The summed E-state index contributed by atoms with van der Waals surface area (Å²) >= 11 is 4.85. The van der Waals surface area contributed by atoms with Gasteiger partial charge in [0, 0.05) is 6.54 Å². The number of hydrogen-bond acceptors (Lipinski definition) is 3. The van der Waals surface area contributed by atoms with Crippen LogP contribution in [0.15, 0.2) is 24.3 Å². The minimum atomic E-state index is -0.442. The Morgan fingerprint density at radius 1 is 1.57 bits per heavy atom. The van der Waals surface area contributed by atoms with E-state index in [0.717, 1.165) is 0 Å². The number of thiocarbonyl (C=S) groups is 1. The van der Waals surface area contributed by atoms with Gasteiger partial charge in [-0.3, -0.25) is 19.8 Å². The Hall–Kier alpha value is -1.49. The van der Waals surface area contributed by atoms with E-state index < -0.39 is 5.91 Å². The maximum Gasteiger partial charge on any atom is 0.265 e. The van der Waals surface area contributed by atoms with Crippen molar-refractivity contribution < 1.29 is 9.59 Å². The second-order valence-electron chi connectivity index (χ2n) is 2.67. The fourth-order valence-electron chi connectivity index (χ4n) is 1.12. The van der Waals surface area contributed by atoms with Gasteiger partial charge in [-0.1, -0.05) is 12.2 Å². The summed E-state index contributed by atoms with van der Waals surface area (Å²) in [6.45, 7) is 5.44. The van der Waals surface area contributed by atoms with Crippen LogP contribution in [0.3, 0.4) is 0 Å². The van der Waals surface area contributed by atoms with Crippen molar-refractivity contribution in [3.8, 4) is 0 Å². The van der Waals surface area contributed by atoms with Crippen molar-refractivity contribution in [3.63, 3.8) is 0 Å². The average Bonchev–Trinajstić information content (AvgIpc) is 2.12. The minimum Gasteiger partial charge on any atom is -0.298 e. The molecule has 74 valence electrons. The van der Waals surface area contributed by atoms with E-state index in [1.807, 2.05) is 0 Å². The molecule has 0 radical (unpaired) electrons. The highest BCUT2D eigenvalue weighted by molar-refractivity contribution is 7.80. The molecule has 1 saturated heterocycles. The van der Waals surface area contributed by atoms with Crippen LogP contribution < -0.4 is 5.32 Å². The molecule has 0 aliphatic carbocycles. The third kappa shape index (κ3) is 1.72. The fraction of sp³-hybridized carbons (Fsp3) is 0.222. The van der Waals surface area contributed by atoms with Crippen LogP contribution >= 0.6 is 12.2 Å². The number of carbonyl (C=O) groups excluding carboxylic acids is 2. The van der Waals surface area contributed by atoms with Gasteiger partial charge < -0.3 is 0 Å². The molecule has 0 aromatic heterocycles. The van der Waals surface area contributed by atoms with Crippen LogP contribution in [0, 0.1) is 0 Å². The second-order valence-corrected chi connectivity index (χ2v) is 3.05. The summed E-state index contributed by atoms with van der Waals surface area (Å²) < 4.78 is 0. The lowest BCUT2D eigenvalue weighted by molar-refractivity contribution is -0.128. The van der Waals surface area contributed by atoms with Gasteiger partial charge in [-0.2, -0.15) is 0 Å². The molecule has 14 heavy (non-hydrogen) atoms. The summed E-state index contributed by atoms with van der Waals surface area (Å²) in [5, 5.41) is 2.56. The Bertz CT molecular complexity index is 347. The third-order valence-electron chi connectivity index (χ3n) is 1.79. The molecule has 1 N–H and O–H groups in total. The smallest absolute Gasteiger partial charge is 0.265 e. The molecule has 2 amide bonds. The summed E-state index contributed by atoms with van der Waals surface area (Å²) in [4.78, 5) is 24.2. The molecule has 0 bridgehead atoms. The molecule has 1 aliphatic rings. The van der Waals surface area contributed by atoms with Crippen molar-refractivity contribution >= 4 is 29.1 Å². The van der Waals surface area contributed by atoms with Gasteiger partial charge in [-0.05, 0) is 19.1 Å². The number of rotatable bonds is 2. The summed E-state index contributed by atoms with van der Waals surface area (Å²) in [7, 11) is 0. The number of allylic oxidation sites excluding steroid dienone is 1. The lowest BCUT2D eigenvalue weighted by Gasteiger charge is -2.27. The standard InChI is InChI=1S/C9H10N2O2S/c1-3-5-11-8(13)6(4-2)7(12)10-9(11)14/h3-4H,1,5H2,2H3,(H,10,12,14)/b6-4-. The SMILES string of the molecule is C=CCN1C(=O)/C(=C\C)C(=O)NC1=S. The highest BCUT2D eigenvalue weighted by atomic mass is 32.1. The predicted molar refractivity (Wildman–Crippen MR) is 56.4 cm³/mol. The van der Waals surface area contributed by atoms with Gasteiger partial charge in [0.15, 0.2) is 5.11 Å². The molecule has 1 heterocycles. The van der Waals surface area contributed by atoms with Crippen molar-refractivity contribution in [1.82, 2.24) is 10.2 Å². The van der Waals surface area contributed by atoms with Gasteiger partial charge in [0.25, 0.3) is 11.8 Å². The quantitative estimate of drug-likeness (QED) is 0.310. The van der Waals surface area contributed by atoms with Crippen molar-refractivity contribution in [2.75, 3.05) is 6.54 Å². The van der Waals surface area contributed by atoms with E-state index in [2.05, 4.69) is 11.9 Å². The molecule has 5 heteroatoms. The molecule has 1 aliphatic heterocycles. The Morgan fingerprint density at radius 2 is 2.21 bits per heavy atom. The lowest BCUT2D eigenvalue weighted by Crippen LogP contribution is -2.53. The first-order valence-corrected chi connectivity index (χ1v) is 4.47. The summed E-state index contributed by atoms with van der Waals surface area (Å²) in [5.41, 5.74) is 0.112. The maximum absolute atomic E-state index is 11.6. The molecule has 0 unspecified atom stereocenters. The van der Waals surface area contributed by atoms with Gasteiger partial charge in [-0.15, -0.1) is 6.58 Å². The Labute approximate surface area is 87.3 Å². The lowest BCUT2D eigenvalue weighted by atomic mass is 10.1. The second kappa shape index (κ2) is 4.15. The summed E-state index contributed by atoms with van der Waals surface area (Å²) in [6, 6.07) is 0. The number of hydrogen-bond donors (Lipinski definition) is 1. The van der Waals surface area contributed by atoms with E-state index in [1.54, 1.807) is 13.0 Å². The molecule has 0 atom stereocenters. The predicted octanol–water partition coefficient (Wildman–Crippen LogP) is 0.362. The van der Waals surface area contributed by atoms with Crippen LogP contribution in [0.2, 0.25) is 0 Å². The number of carbonyl (C=O) groups is 2. The monoisotopic (exact) mass is 210 g/mol. The zero-order valence-electron chi connectivity index (χ0n) is 7.74. The molecule has 0 aromatic rings. The van der Waals surface area contributed by atoms with E-state index in [4.69, 9.17) is 12.2 Å². The zero-order valence-corrected chi connectivity index (χ0v) is 8.56. The van der Waals surface area contributed by atoms with E-state index in [-0.39, 0.29) is 16.6 Å². The normalized spacial score (nSPS) is 19.9. The van der Waals surface area contributed by atoms with Crippen LogP contribution in [0.4, 0.5) is 0 Å². The van der Waals surface area contributed by atoms with Gasteiger partial charge in [0.1, 0.15) is 5.57 Å². The van der Waals surface area contributed by atoms with E-state index >= 15 is 0 Å². The zero-order chi connectivity index (χ0) is 10.7. The van der Waals surface area contributed by atoms with Crippen molar-refractivity contribution in [2.24, 2.45) is 0 Å². The summed E-state index contributed by atoms with van der Waals surface area (Å²) in [6.07, 6.45) is 3.02. The average molecular weight is 210 g/mol. The van der Waals surface area contributed by atoms with Crippen LogP contribution in [-0.4, -0.2) is 28.4 Å². The summed E-state index contributed by atoms with van der Waals surface area (Å²) in [5.74, 6) is -0.816. The highest BCUT2D eigenvalue weighted by Crippen LogP contribution is 2.09. The number of nitrogens with zero attached hydrogens (tertiary/aromatic N) is 1. The van der Waals surface area contributed by atoms with Crippen molar-refractivity contribution in [1.29, 1.82) is 0 Å². The molecule has 1 rings (SSSR count). The molecular weight excluding hydrogens is 200 g/mol. The van der Waals surface area contributed by atoms with Gasteiger partial charge in [-0.25, -0.2) is 0 Å². The largest absolute Gasteiger partial charge is 0.298 e. The van der Waals surface area contributed by atoms with Crippen LogP contribution in [0.5, 0.6) is 0 Å². The fourth-order valence-corrected chi connectivity index (χ4v) is 1.37. The van der Waals surface area contributed by atoms with Crippen LogP contribution in [-0.2, 0) is 9.59 Å². The van der Waals surface area contributed by atoms with Crippen LogP contribution in [0.25, 0.3) is 0 Å². The molecule has 0 saturated carbocycles. The first-order valence-electron chi connectivity index (χ1n) is 4.06. The Balaban J connectivity index is 3.00. The minimum absolute atomic E-state index is 0.112. The van der Waals surface area contributed by atoms with E-state index in [1.165, 1.54) is 11.0 Å². The molecule has 0 spiro atoms.